The number of carbonyl (C=O) groups excluding carboxylic acids is 1. The molecule has 0 atom stereocenters. The number of aromatic nitrogens is 3. The van der Waals surface area contributed by atoms with Crippen molar-refractivity contribution in [1.29, 1.82) is 0 Å². The summed E-state index contributed by atoms with van der Waals surface area (Å²) in [6, 6.07) is 8.81. The van der Waals surface area contributed by atoms with E-state index < -0.39 is 11.4 Å². The van der Waals surface area contributed by atoms with Crippen molar-refractivity contribution in [3.05, 3.63) is 53.3 Å². The minimum atomic E-state index is -0.995. The highest BCUT2D eigenvalue weighted by molar-refractivity contribution is 6.06. The lowest BCUT2D eigenvalue weighted by atomic mass is 9.85. The molecule has 0 aliphatic rings. The van der Waals surface area contributed by atoms with E-state index in [9.17, 15) is 14.7 Å². The number of hydrogen-bond acceptors (Lipinski definition) is 4. The zero-order valence-electron chi connectivity index (χ0n) is 16.6. The van der Waals surface area contributed by atoms with Crippen molar-refractivity contribution in [3.8, 4) is 0 Å². The summed E-state index contributed by atoms with van der Waals surface area (Å²) in [6.45, 7) is 9.14. The molecule has 7 nitrogen and oxygen atoms in total. The van der Waals surface area contributed by atoms with Gasteiger partial charge in [0, 0.05) is 17.1 Å². The second-order valence-corrected chi connectivity index (χ2v) is 7.68. The maximum atomic E-state index is 12.7. The molecule has 3 aromatic rings. The van der Waals surface area contributed by atoms with Crippen molar-refractivity contribution in [1.82, 2.24) is 14.8 Å². The van der Waals surface area contributed by atoms with E-state index in [1.807, 2.05) is 18.5 Å². The lowest BCUT2D eigenvalue weighted by molar-refractivity contribution is -0.142. The molecule has 0 spiro atoms. The molecular weight excluding hydrogens is 356 g/mol. The molecule has 3 rings (SSSR count). The van der Waals surface area contributed by atoms with Crippen molar-refractivity contribution in [2.75, 3.05) is 5.32 Å². The van der Waals surface area contributed by atoms with Gasteiger partial charge >= 0.3 is 5.97 Å². The van der Waals surface area contributed by atoms with Crippen LogP contribution >= 0.6 is 0 Å². The quantitative estimate of drug-likeness (QED) is 0.699. The Hall–Kier alpha value is -3.22. The average Bonchev–Trinajstić information content (AvgIpc) is 3.04. The van der Waals surface area contributed by atoms with E-state index in [4.69, 9.17) is 0 Å². The second-order valence-electron chi connectivity index (χ2n) is 7.68. The Morgan fingerprint density at radius 3 is 2.39 bits per heavy atom. The largest absolute Gasteiger partial charge is 0.481 e. The van der Waals surface area contributed by atoms with E-state index >= 15 is 0 Å². The van der Waals surface area contributed by atoms with Gasteiger partial charge in [-0.2, -0.15) is 5.10 Å². The Morgan fingerprint density at radius 2 is 1.82 bits per heavy atom. The third-order valence-corrected chi connectivity index (χ3v) is 4.89. The van der Waals surface area contributed by atoms with Gasteiger partial charge < -0.3 is 10.4 Å². The molecule has 1 aromatic carbocycles. The number of anilines is 1. The number of aryl methyl sites for hydroxylation is 1. The molecule has 146 valence electrons. The number of carboxylic acid groups (broad SMARTS) is 1. The van der Waals surface area contributed by atoms with Crippen LogP contribution in [0.15, 0.2) is 36.5 Å². The molecule has 2 aromatic heterocycles. The van der Waals surface area contributed by atoms with Crippen LogP contribution in [0.1, 0.15) is 55.4 Å². The first-order valence-corrected chi connectivity index (χ1v) is 9.11. The zero-order chi connectivity index (χ0) is 20.6. The highest BCUT2D eigenvalue weighted by atomic mass is 16.4. The number of nitrogens with zero attached hydrogens (tertiary/aromatic N) is 3. The highest BCUT2D eigenvalue weighted by Gasteiger charge is 2.29. The Bertz CT molecular complexity index is 1050. The van der Waals surface area contributed by atoms with Crippen LogP contribution in [0.25, 0.3) is 11.0 Å². The molecule has 2 N–H and O–H groups in total. The molecule has 0 saturated carbocycles. The number of benzene rings is 1. The molecule has 0 aliphatic carbocycles. The first-order chi connectivity index (χ1) is 13.1. The Balaban J connectivity index is 1.85. The third-order valence-electron chi connectivity index (χ3n) is 4.89. The first kappa shape index (κ1) is 19.5. The van der Waals surface area contributed by atoms with E-state index in [1.54, 1.807) is 57.3 Å². The van der Waals surface area contributed by atoms with E-state index in [1.165, 1.54) is 0 Å². The van der Waals surface area contributed by atoms with Gasteiger partial charge in [0.2, 0.25) is 0 Å². The lowest BCUT2D eigenvalue weighted by Gasteiger charge is -2.20. The normalized spacial score (nSPS) is 11.8. The van der Waals surface area contributed by atoms with Gasteiger partial charge in [0.05, 0.1) is 22.9 Å². The third kappa shape index (κ3) is 3.47. The van der Waals surface area contributed by atoms with Crippen molar-refractivity contribution in [2.45, 2.75) is 46.1 Å². The maximum Gasteiger partial charge on any atom is 0.313 e. The molecule has 0 bridgehead atoms. The number of aliphatic carboxylic acids is 1. The number of carboxylic acids is 1. The number of pyridine rings is 1. The van der Waals surface area contributed by atoms with Crippen molar-refractivity contribution < 1.29 is 14.7 Å². The van der Waals surface area contributed by atoms with Crippen LogP contribution in [0.3, 0.4) is 0 Å². The maximum absolute atomic E-state index is 12.7. The molecule has 0 saturated heterocycles. The van der Waals surface area contributed by atoms with Crippen LogP contribution in [-0.2, 0) is 10.2 Å². The van der Waals surface area contributed by atoms with Gasteiger partial charge in [0.25, 0.3) is 5.91 Å². The Kier molecular flexibility index (Phi) is 4.93. The van der Waals surface area contributed by atoms with Gasteiger partial charge in [0.15, 0.2) is 5.65 Å². The SMILES string of the molecule is Cc1nc2c(cnn2C(C)C)cc1C(=O)Nc1ccc(C(C)(C)C(=O)O)cc1. The van der Waals surface area contributed by atoms with E-state index in [2.05, 4.69) is 15.4 Å². The summed E-state index contributed by atoms with van der Waals surface area (Å²) < 4.78 is 1.83. The van der Waals surface area contributed by atoms with Gasteiger partial charge in [0.1, 0.15) is 0 Å². The average molecular weight is 380 g/mol. The zero-order valence-corrected chi connectivity index (χ0v) is 16.6. The van der Waals surface area contributed by atoms with Gasteiger partial charge in [-0.25, -0.2) is 9.67 Å². The summed E-state index contributed by atoms with van der Waals surface area (Å²) in [6.07, 6.45) is 1.71. The topological polar surface area (TPSA) is 97.1 Å². The van der Waals surface area contributed by atoms with Gasteiger partial charge in [-0.05, 0) is 58.4 Å². The summed E-state index contributed by atoms with van der Waals surface area (Å²) in [5.41, 5.74) is 2.11. The second kappa shape index (κ2) is 7.07. The molecule has 0 radical (unpaired) electrons. The molecule has 0 unspecified atom stereocenters. The number of hydrogen-bond donors (Lipinski definition) is 2. The molecule has 0 aliphatic heterocycles. The van der Waals surface area contributed by atoms with Crippen LogP contribution in [-0.4, -0.2) is 31.7 Å². The number of fused-ring (bicyclic) bond motifs is 1. The standard InChI is InChI=1S/C21H24N4O3/c1-12(2)25-18-14(11-22-25)10-17(13(3)23-18)19(26)24-16-8-6-15(7-9-16)21(4,5)20(27)28/h6-12H,1-5H3,(H,24,26)(H,27,28). The minimum absolute atomic E-state index is 0.178. The van der Waals surface area contributed by atoms with Crippen molar-refractivity contribution in [3.63, 3.8) is 0 Å². The number of nitrogens with one attached hydrogen (secondary N) is 1. The fraction of sp³-hybridized carbons (Fsp3) is 0.333. The summed E-state index contributed by atoms with van der Waals surface area (Å²) in [4.78, 5) is 28.7. The van der Waals surface area contributed by atoms with Crippen LogP contribution in [0, 0.1) is 6.92 Å². The molecular formula is C21H24N4O3. The highest BCUT2D eigenvalue weighted by Crippen LogP contribution is 2.25. The van der Waals surface area contributed by atoms with Gasteiger partial charge in [-0.15, -0.1) is 0 Å². The van der Waals surface area contributed by atoms with Gasteiger partial charge in [-0.1, -0.05) is 12.1 Å². The molecule has 0 fully saturated rings. The van der Waals surface area contributed by atoms with Gasteiger partial charge in [-0.3, -0.25) is 9.59 Å². The molecule has 2 heterocycles. The fourth-order valence-electron chi connectivity index (χ4n) is 2.97. The van der Waals surface area contributed by atoms with Crippen LogP contribution < -0.4 is 5.32 Å². The lowest BCUT2D eigenvalue weighted by Crippen LogP contribution is -2.28. The summed E-state index contributed by atoms with van der Waals surface area (Å²) >= 11 is 0. The van der Waals surface area contributed by atoms with E-state index in [-0.39, 0.29) is 11.9 Å². The Labute approximate surface area is 163 Å². The number of carbonyl (C=O) groups is 2. The smallest absolute Gasteiger partial charge is 0.313 e. The fourth-order valence-corrected chi connectivity index (χ4v) is 2.97. The van der Waals surface area contributed by atoms with Crippen molar-refractivity contribution >= 4 is 28.6 Å². The summed E-state index contributed by atoms with van der Waals surface area (Å²) in [5.74, 6) is -1.17. The van der Waals surface area contributed by atoms with Crippen LogP contribution in [0.4, 0.5) is 5.69 Å². The predicted molar refractivity (Wildman–Crippen MR) is 108 cm³/mol. The first-order valence-electron chi connectivity index (χ1n) is 9.11. The summed E-state index contributed by atoms with van der Waals surface area (Å²) in [7, 11) is 0. The van der Waals surface area contributed by atoms with Crippen LogP contribution in [0.5, 0.6) is 0 Å². The molecule has 7 heteroatoms. The van der Waals surface area contributed by atoms with E-state index in [0.717, 1.165) is 11.0 Å². The Morgan fingerprint density at radius 1 is 1.18 bits per heavy atom. The molecule has 28 heavy (non-hydrogen) atoms. The molecule has 1 amide bonds. The van der Waals surface area contributed by atoms with Crippen LogP contribution in [0.2, 0.25) is 0 Å². The number of amides is 1. The minimum Gasteiger partial charge on any atom is -0.481 e. The van der Waals surface area contributed by atoms with Crippen molar-refractivity contribution in [2.24, 2.45) is 0 Å². The summed E-state index contributed by atoms with van der Waals surface area (Å²) in [5, 5.41) is 17.3. The monoisotopic (exact) mass is 380 g/mol. The number of rotatable bonds is 5. The van der Waals surface area contributed by atoms with E-state index in [0.29, 0.717) is 22.5 Å². The predicted octanol–water partition coefficient (Wildman–Crippen LogP) is 3.94.